The van der Waals surface area contributed by atoms with Crippen LogP contribution in [0.3, 0.4) is 0 Å². The molecule has 0 unspecified atom stereocenters. The predicted octanol–water partition coefficient (Wildman–Crippen LogP) is 2.30. The van der Waals surface area contributed by atoms with Crippen LogP contribution in [-0.4, -0.2) is 30.9 Å². The molecule has 1 heterocycles. The third-order valence-electron chi connectivity index (χ3n) is 3.43. The van der Waals surface area contributed by atoms with E-state index in [-0.39, 0.29) is 11.8 Å². The first-order chi connectivity index (χ1) is 8.68. The van der Waals surface area contributed by atoms with E-state index in [1.54, 1.807) is 4.90 Å². The second kappa shape index (κ2) is 6.21. The summed E-state index contributed by atoms with van der Waals surface area (Å²) in [6, 6.07) is 7.68. The third kappa shape index (κ3) is 3.24. The molecule has 0 radical (unpaired) electrons. The van der Waals surface area contributed by atoms with Gasteiger partial charge in [0.1, 0.15) is 0 Å². The fourth-order valence-corrected chi connectivity index (χ4v) is 2.54. The monoisotopic (exact) mass is 266 g/mol. The van der Waals surface area contributed by atoms with E-state index in [0.29, 0.717) is 6.54 Å². The maximum Gasteiger partial charge on any atom is 0.225 e. The molecule has 1 aromatic rings. The van der Waals surface area contributed by atoms with Gasteiger partial charge >= 0.3 is 0 Å². The number of amides is 1. The molecule has 1 saturated heterocycles. The minimum Gasteiger partial charge on any atom is -0.341 e. The van der Waals surface area contributed by atoms with E-state index in [0.717, 1.165) is 36.5 Å². The molecule has 1 aromatic carbocycles. The number of nitrogens with zero attached hydrogens (tertiary/aromatic N) is 1. The molecule has 98 valence electrons. The number of rotatable bonds is 3. The van der Waals surface area contributed by atoms with E-state index in [1.807, 2.05) is 31.3 Å². The third-order valence-corrected chi connectivity index (χ3v) is 3.80. The van der Waals surface area contributed by atoms with Crippen molar-refractivity contribution in [3.63, 3.8) is 0 Å². The zero-order valence-electron chi connectivity index (χ0n) is 10.7. The molecular weight excluding hydrogens is 248 g/mol. The fourth-order valence-electron chi connectivity index (χ4n) is 2.34. The van der Waals surface area contributed by atoms with Crippen molar-refractivity contribution in [1.82, 2.24) is 10.2 Å². The first-order valence-electron chi connectivity index (χ1n) is 6.37. The van der Waals surface area contributed by atoms with Crippen LogP contribution in [0.2, 0.25) is 5.02 Å². The average molecular weight is 267 g/mol. The molecule has 0 bridgehead atoms. The van der Waals surface area contributed by atoms with Gasteiger partial charge in [-0.3, -0.25) is 4.79 Å². The molecule has 18 heavy (non-hydrogen) atoms. The highest BCUT2D eigenvalue weighted by molar-refractivity contribution is 6.31. The molecule has 0 aliphatic carbocycles. The highest BCUT2D eigenvalue weighted by atomic mass is 35.5. The average Bonchev–Trinajstić information content (AvgIpc) is 2.41. The van der Waals surface area contributed by atoms with Crippen molar-refractivity contribution in [2.24, 2.45) is 5.92 Å². The number of nitrogens with one attached hydrogen (secondary N) is 1. The summed E-state index contributed by atoms with van der Waals surface area (Å²) in [7, 11) is 1.85. The summed E-state index contributed by atoms with van der Waals surface area (Å²) in [6.07, 6.45) is 1.87. The molecule has 4 heteroatoms. The standard InChI is InChI=1S/C14H19ClN2O/c1-17(10-12-4-2-3-5-13(12)15)14(18)11-6-8-16-9-7-11/h2-5,11,16H,6-10H2,1H3. The molecular formula is C14H19ClN2O. The molecule has 1 fully saturated rings. The lowest BCUT2D eigenvalue weighted by atomic mass is 9.96. The van der Waals surface area contributed by atoms with Crippen LogP contribution in [0, 0.1) is 5.92 Å². The molecule has 0 aromatic heterocycles. The Kier molecular flexibility index (Phi) is 4.61. The zero-order valence-corrected chi connectivity index (χ0v) is 11.4. The zero-order chi connectivity index (χ0) is 13.0. The predicted molar refractivity (Wildman–Crippen MR) is 73.5 cm³/mol. The lowest BCUT2D eigenvalue weighted by Gasteiger charge is -2.27. The van der Waals surface area contributed by atoms with Gasteiger partial charge in [-0.2, -0.15) is 0 Å². The number of carbonyl (C=O) groups is 1. The highest BCUT2D eigenvalue weighted by Crippen LogP contribution is 2.19. The van der Waals surface area contributed by atoms with E-state index < -0.39 is 0 Å². The minimum absolute atomic E-state index is 0.165. The van der Waals surface area contributed by atoms with Crippen LogP contribution in [0.25, 0.3) is 0 Å². The van der Waals surface area contributed by atoms with Crippen LogP contribution in [-0.2, 0) is 11.3 Å². The molecule has 1 N–H and O–H groups in total. The number of piperidine rings is 1. The van der Waals surface area contributed by atoms with E-state index >= 15 is 0 Å². The Labute approximate surface area is 113 Å². The molecule has 0 saturated carbocycles. The molecule has 2 rings (SSSR count). The molecule has 0 spiro atoms. The van der Waals surface area contributed by atoms with Crippen LogP contribution in [0.4, 0.5) is 0 Å². The summed E-state index contributed by atoms with van der Waals surface area (Å²) >= 11 is 6.11. The second-order valence-electron chi connectivity index (χ2n) is 4.81. The van der Waals surface area contributed by atoms with Gasteiger partial charge in [-0.1, -0.05) is 29.8 Å². The van der Waals surface area contributed by atoms with E-state index in [9.17, 15) is 4.79 Å². The van der Waals surface area contributed by atoms with Gasteiger partial charge < -0.3 is 10.2 Å². The Morgan fingerprint density at radius 3 is 2.72 bits per heavy atom. The van der Waals surface area contributed by atoms with E-state index in [1.165, 1.54) is 0 Å². The lowest BCUT2D eigenvalue weighted by molar-refractivity contribution is -0.135. The van der Waals surface area contributed by atoms with Gasteiger partial charge in [0.05, 0.1) is 0 Å². The Morgan fingerprint density at radius 1 is 1.39 bits per heavy atom. The van der Waals surface area contributed by atoms with Crippen molar-refractivity contribution in [2.75, 3.05) is 20.1 Å². The Balaban J connectivity index is 1.96. The topological polar surface area (TPSA) is 32.3 Å². The van der Waals surface area contributed by atoms with Crippen molar-refractivity contribution in [1.29, 1.82) is 0 Å². The van der Waals surface area contributed by atoms with Gasteiger partial charge in [0, 0.05) is 24.5 Å². The van der Waals surface area contributed by atoms with Gasteiger partial charge in [0.15, 0.2) is 0 Å². The van der Waals surface area contributed by atoms with Crippen molar-refractivity contribution in [2.45, 2.75) is 19.4 Å². The summed E-state index contributed by atoms with van der Waals surface area (Å²) in [6.45, 7) is 2.47. The van der Waals surface area contributed by atoms with Crippen LogP contribution in [0.15, 0.2) is 24.3 Å². The number of halogens is 1. The molecule has 3 nitrogen and oxygen atoms in total. The minimum atomic E-state index is 0.165. The number of benzene rings is 1. The summed E-state index contributed by atoms with van der Waals surface area (Å²) in [4.78, 5) is 14.1. The van der Waals surface area contributed by atoms with Crippen LogP contribution >= 0.6 is 11.6 Å². The van der Waals surface area contributed by atoms with Gasteiger partial charge in [-0.15, -0.1) is 0 Å². The van der Waals surface area contributed by atoms with Crippen molar-refractivity contribution >= 4 is 17.5 Å². The molecule has 1 amide bonds. The van der Waals surface area contributed by atoms with Crippen molar-refractivity contribution in [3.8, 4) is 0 Å². The first-order valence-corrected chi connectivity index (χ1v) is 6.75. The number of hydrogen-bond acceptors (Lipinski definition) is 2. The van der Waals surface area contributed by atoms with Gasteiger partial charge in [-0.25, -0.2) is 0 Å². The normalized spacial score (nSPS) is 16.6. The lowest BCUT2D eigenvalue weighted by Crippen LogP contribution is -2.38. The first kappa shape index (κ1) is 13.4. The van der Waals surface area contributed by atoms with E-state index in [4.69, 9.17) is 11.6 Å². The Bertz CT molecular complexity index is 416. The maximum atomic E-state index is 12.3. The van der Waals surface area contributed by atoms with Crippen LogP contribution < -0.4 is 5.32 Å². The maximum absolute atomic E-state index is 12.3. The molecule has 1 aliphatic heterocycles. The van der Waals surface area contributed by atoms with Crippen LogP contribution in [0.5, 0.6) is 0 Å². The van der Waals surface area contributed by atoms with Crippen molar-refractivity contribution < 1.29 is 4.79 Å². The fraction of sp³-hybridized carbons (Fsp3) is 0.500. The quantitative estimate of drug-likeness (QED) is 0.911. The molecule has 0 atom stereocenters. The number of carbonyl (C=O) groups excluding carboxylic acids is 1. The van der Waals surface area contributed by atoms with Crippen LogP contribution in [0.1, 0.15) is 18.4 Å². The molecule has 1 aliphatic rings. The summed E-state index contributed by atoms with van der Waals surface area (Å²) in [5.74, 6) is 0.398. The van der Waals surface area contributed by atoms with Gasteiger partial charge in [0.2, 0.25) is 5.91 Å². The summed E-state index contributed by atoms with van der Waals surface area (Å²) in [5.41, 5.74) is 1.00. The Morgan fingerprint density at radius 2 is 2.06 bits per heavy atom. The second-order valence-corrected chi connectivity index (χ2v) is 5.22. The summed E-state index contributed by atoms with van der Waals surface area (Å²) in [5, 5.41) is 4.00. The Hall–Kier alpha value is -1.06. The highest BCUT2D eigenvalue weighted by Gasteiger charge is 2.24. The van der Waals surface area contributed by atoms with Gasteiger partial charge in [-0.05, 0) is 37.6 Å². The van der Waals surface area contributed by atoms with E-state index in [2.05, 4.69) is 5.32 Å². The SMILES string of the molecule is CN(Cc1ccccc1Cl)C(=O)C1CCNCC1. The number of hydrogen-bond donors (Lipinski definition) is 1. The van der Waals surface area contributed by atoms with Crippen molar-refractivity contribution in [3.05, 3.63) is 34.9 Å². The smallest absolute Gasteiger partial charge is 0.225 e. The van der Waals surface area contributed by atoms with Gasteiger partial charge in [0.25, 0.3) is 0 Å². The largest absolute Gasteiger partial charge is 0.341 e. The summed E-state index contributed by atoms with van der Waals surface area (Å²) < 4.78 is 0.